The van der Waals surface area contributed by atoms with Crippen LogP contribution in [-0.2, 0) is 42.7 Å². The summed E-state index contributed by atoms with van der Waals surface area (Å²) < 4.78 is 41.4. The maximum Gasteiger partial charge on any atom is 0.315 e. The number of esters is 2. The van der Waals surface area contributed by atoms with Gasteiger partial charge < -0.3 is 89.3 Å². The summed E-state index contributed by atoms with van der Waals surface area (Å²) in [6.07, 6.45) is -16.4. The lowest BCUT2D eigenvalue weighted by Crippen LogP contribution is -2.67. The number of fused-ring (bicyclic) bond motifs is 7. The molecule has 20 heteroatoms. The molecule has 0 aromatic rings. The minimum absolute atomic E-state index is 0.0893. The normalized spacial score (nSPS) is 52.8. The van der Waals surface area contributed by atoms with Crippen molar-refractivity contribution in [3.8, 4) is 0 Å². The zero-order chi connectivity index (χ0) is 50.6. The highest BCUT2D eigenvalue weighted by Crippen LogP contribution is 2.76. The molecule has 0 amide bonds. The first-order chi connectivity index (χ1) is 32.3. The molecule has 3 aliphatic heterocycles. The largest absolute Gasteiger partial charge is 0.469 e. The summed E-state index contributed by atoms with van der Waals surface area (Å²) in [5.74, 6) is -1.22. The average molecular weight is 987 g/mol. The molecule has 0 radical (unpaired) electrons. The van der Waals surface area contributed by atoms with Crippen molar-refractivity contribution in [1.29, 1.82) is 0 Å². The highest BCUT2D eigenvalue weighted by atomic mass is 16.8. The number of carbonyl (C=O) groups excluding carboxylic acids is 2. The van der Waals surface area contributed by atoms with Gasteiger partial charge >= 0.3 is 11.9 Å². The summed E-state index contributed by atoms with van der Waals surface area (Å²) >= 11 is 0. The van der Waals surface area contributed by atoms with Crippen molar-refractivity contribution in [2.24, 2.45) is 50.2 Å². The van der Waals surface area contributed by atoms with Gasteiger partial charge in [0.2, 0.25) is 6.29 Å². The molecule has 20 nitrogen and oxygen atoms in total. The van der Waals surface area contributed by atoms with Crippen LogP contribution in [0.1, 0.15) is 106 Å². The number of ether oxygens (including phenoxy) is 7. The summed E-state index contributed by atoms with van der Waals surface area (Å²) in [7, 11) is 1.36. The maximum atomic E-state index is 14.8. The molecular formula is C49H78O20. The van der Waals surface area contributed by atoms with Gasteiger partial charge in [-0.2, -0.15) is 0 Å². The molecule has 4 saturated carbocycles. The number of carbonyl (C=O) groups is 2. The van der Waals surface area contributed by atoms with Crippen LogP contribution in [0.5, 0.6) is 0 Å². The number of aliphatic hydroxyl groups is 11. The van der Waals surface area contributed by atoms with Gasteiger partial charge in [-0.3, -0.25) is 9.59 Å². The fourth-order valence-electron chi connectivity index (χ4n) is 15.3. The van der Waals surface area contributed by atoms with Crippen molar-refractivity contribution in [3.05, 3.63) is 11.6 Å². The predicted molar refractivity (Wildman–Crippen MR) is 237 cm³/mol. The van der Waals surface area contributed by atoms with E-state index in [0.29, 0.717) is 38.5 Å². The van der Waals surface area contributed by atoms with Gasteiger partial charge in [-0.05, 0) is 111 Å². The Hall–Kier alpha value is -1.96. The quantitative estimate of drug-likeness (QED) is 0.0732. The Morgan fingerprint density at radius 1 is 0.609 bits per heavy atom. The maximum absolute atomic E-state index is 14.8. The highest BCUT2D eigenvalue weighted by molar-refractivity contribution is 5.81. The predicted octanol–water partition coefficient (Wildman–Crippen LogP) is -0.706. The van der Waals surface area contributed by atoms with Gasteiger partial charge in [-0.25, -0.2) is 0 Å². The van der Waals surface area contributed by atoms with Crippen LogP contribution >= 0.6 is 0 Å². The summed E-state index contributed by atoms with van der Waals surface area (Å²) in [6, 6.07) is 0. The number of rotatable bonds is 10. The summed E-state index contributed by atoms with van der Waals surface area (Å²) in [5, 5.41) is 116. The minimum Gasteiger partial charge on any atom is -0.469 e. The van der Waals surface area contributed by atoms with Gasteiger partial charge in [0.25, 0.3) is 0 Å². The van der Waals surface area contributed by atoms with Crippen molar-refractivity contribution in [3.63, 3.8) is 0 Å². The second kappa shape index (κ2) is 19.1. The molecule has 11 N–H and O–H groups in total. The SMILES string of the molecule is COC(=O)[C@]1(C)CC[C@@]2(C(=O)O[C@H]3O[C@@H](CO)[C@H](O)[C@@H](O)[C@@H]3O)CC[C@]3(C)C(=CC[C@H]4[C@@]5(C)CC[C@H](O[C@H]6O[C@@H](CO)[C@H](O)[C@@H](O)[C@@H]6O[C@H]6O[C@@H](CO)[C@H](O)[C@@H](O)[C@@H]6O)C(C)(C)[C@@H]5CC[C@]43C)[C@H]2C1. The Kier molecular flexibility index (Phi) is 14.7. The smallest absolute Gasteiger partial charge is 0.315 e. The van der Waals surface area contributed by atoms with Crippen LogP contribution < -0.4 is 0 Å². The Labute approximate surface area is 402 Å². The van der Waals surface area contributed by atoms with Crippen LogP contribution in [0, 0.1) is 50.2 Å². The molecule has 3 heterocycles. The van der Waals surface area contributed by atoms with E-state index in [1.807, 2.05) is 6.92 Å². The number of hydrogen-bond acceptors (Lipinski definition) is 20. The van der Waals surface area contributed by atoms with Crippen LogP contribution in [0.15, 0.2) is 11.6 Å². The number of methoxy groups -OCH3 is 1. The van der Waals surface area contributed by atoms with Gasteiger partial charge in [-0.1, -0.05) is 46.3 Å². The van der Waals surface area contributed by atoms with Crippen LogP contribution in [-0.4, -0.2) is 193 Å². The molecule has 3 saturated heterocycles. The van der Waals surface area contributed by atoms with Crippen molar-refractivity contribution in [2.45, 2.75) is 204 Å². The van der Waals surface area contributed by atoms with Crippen molar-refractivity contribution < 1.29 is 98.9 Å². The van der Waals surface area contributed by atoms with E-state index in [2.05, 4.69) is 40.7 Å². The van der Waals surface area contributed by atoms with Crippen molar-refractivity contribution in [1.82, 2.24) is 0 Å². The summed E-state index contributed by atoms with van der Waals surface area (Å²) in [6.45, 7) is 11.1. The van der Waals surface area contributed by atoms with Crippen LogP contribution in [0.4, 0.5) is 0 Å². The van der Waals surface area contributed by atoms with Crippen molar-refractivity contribution in [2.75, 3.05) is 26.9 Å². The van der Waals surface area contributed by atoms with E-state index in [0.717, 1.165) is 24.8 Å². The Bertz CT molecular complexity index is 1910. The van der Waals surface area contributed by atoms with E-state index < -0.39 is 152 Å². The van der Waals surface area contributed by atoms with E-state index in [1.54, 1.807) is 0 Å². The van der Waals surface area contributed by atoms with Gasteiger partial charge in [0.1, 0.15) is 73.2 Å². The molecular weight excluding hydrogens is 909 g/mol. The molecule has 24 atom stereocenters. The molecule has 0 bridgehead atoms. The van der Waals surface area contributed by atoms with E-state index in [-0.39, 0.29) is 35.1 Å². The standard InChI is InChI=1S/C49H78O20/c1-44(2)27-10-13-48(6)28(46(27,4)12-11-29(44)67-41-38(35(58)32(55)26(21-52)66-41)68-39-36(59)33(56)30(53)24(19-50)64-39)9-8-22-23-18-45(3,42(61)63-7)14-16-49(23,17-15-47(22,48)5)43(62)69-40-37(60)34(57)31(54)25(20-51)65-40/h8,23-41,50-60H,9-21H2,1-7H3/t23-,24+,25+,26+,27+,28+,29+,30+,31+,32+,33-,34-,35-,36+,37+,38+,39-,40-,41-,45-,46+,47-,48-,49-/m1/s1. The lowest BCUT2D eigenvalue weighted by atomic mass is 9.33. The lowest BCUT2D eigenvalue weighted by Gasteiger charge is -2.71. The van der Waals surface area contributed by atoms with Gasteiger partial charge in [0.15, 0.2) is 12.6 Å². The molecule has 0 aromatic heterocycles. The Balaban J connectivity index is 1.07. The minimum atomic E-state index is -1.81. The monoisotopic (exact) mass is 987 g/mol. The van der Waals surface area contributed by atoms with Gasteiger partial charge in [-0.15, -0.1) is 0 Å². The topological polar surface area (TPSA) is 321 Å². The van der Waals surface area contributed by atoms with Crippen LogP contribution in [0.2, 0.25) is 0 Å². The van der Waals surface area contributed by atoms with Gasteiger partial charge in [0, 0.05) is 0 Å². The van der Waals surface area contributed by atoms with Crippen LogP contribution in [0.3, 0.4) is 0 Å². The molecule has 0 aromatic carbocycles. The second-order valence-corrected chi connectivity index (χ2v) is 23.4. The molecule has 7 fully saturated rings. The fraction of sp³-hybridized carbons (Fsp3) is 0.918. The third-order valence-corrected chi connectivity index (χ3v) is 19.8. The summed E-state index contributed by atoms with van der Waals surface area (Å²) in [4.78, 5) is 28.3. The summed E-state index contributed by atoms with van der Waals surface area (Å²) in [5.41, 5.74) is -2.45. The first-order valence-corrected chi connectivity index (χ1v) is 24.9. The zero-order valence-corrected chi connectivity index (χ0v) is 40.8. The first kappa shape index (κ1) is 53.3. The van der Waals surface area contributed by atoms with Gasteiger partial charge in [0.05, 0.1) is 43.9 Å². The van der Waals surface area contributed by atoms with E-state index in [9.17, 15) is 65.8 Å². The molecule has 0 spiro atoms. The fourth-order valence-corrected chi connectivity index (χ4v) is 15.3. The zero-order valence-electron chi connectivity index (χ0n) is 40.8. The second-order valence-electron chi connectivity index (χ2n) is 23.4. The van der Waals surface area contributed by atoms with Crippen LogP contribution in [0.25, 0.3) is 0 Å². The molecule has 69 heavy (non-hydrogen) atoms. The average Bonchev–Trinajstić information content (AvgIpc) is 3.31. The highest BCUT2D eigenvalue weighted by Gasteiger charge is 2.71. The number of aliphatic hydroxyl groups excluding tert-OH is 11. The third-order valence-electron chi connectivity index (χ3n) is 19.8. The molecule has 5 aliphatic carbocycles. The molecule has 394 valence electrons. The lowest BCUT2D eigenvalue weighted by molar-refractivity contribution is -0.378. The first-order valence-electron chi connectivity index (χ1n) is 24.9. The molecule has 0 unspecified atom stereocenters. The number of hydrogen-bond donors (Lipinski definition) is 11. The van der Waals surface area contributed by atoms with E-state index in [1.165, 1.54) is 7.11 Å². The molecule has 8 rings (SSSR count). The third kappa shape index (κ3) is 8.26. The molecule has 8 aliphatic rings. The van der Waals surface area contributed by atoms with E-state index >= 15 is 0 Å². The van der Waals surface area contributed by atoms with Crippen molar-refractivity contribution >= 4 is 11.9 Å². The Morgan fingerprint density at radius 3 is 1.75 bits per heavy atom. The Morgan fingerprint density at radius 2 is 1.16 bits per heavy atom. The van der Waals surface area contributed by atoms with E-state index in [4.69, 9.17) is 33.2 Å². The number of allylic oxidation sites excluding steroid dienone is 2.